The molecule has 0 spiro atoms. The summed E-state index contributed by atoms with van der Waals surface area (Å²) in [6, 6.07) is 7.22. The number of hydrogen-bond donors (Lipinski definition) is 2. The number of rotatable bonds is 4. The van der Waals surface area contributed by atoms with Crippen molar-refractivity contribution in [2.45, 2.75) is 6.42 Å². The topological polar surface area (TPSA) is 76.5 Å². The number of aromatic hydroxyl groups is 1. The van der Waals surface area contributed by atoms with Gasteiger partial charge >= 0.3 is 0 Å². The molecule has 1 heterocycles. The van der Waals surface area contributed by atoms with Gasteiger partial charge in [-0.2, -0.15) is 0 Å². The molecule has 1 aliphatic rings. The predicted molar refractivity (Wildman–Crippen MR) is 96.8 cm³/mol. The predicted octanol–water partition coefficient (Wildman–Crippen LogP) is 3.67. The van der Waals surface area contributed by atoms with Crippen LogP contribution in [0.15, 0.2) is 36.7 Å². The Kier molecular flexibility index (Phi) is 3.65. The number of fused-ring (bicyclic) bond motifs is 2. The van der Waals surface area contributed by atoms with Gasteiger partial charge in [0.05, 0.1) is 19.7 Å². The average molecular weight is 335 g/mol. The Bertz CT molecular complexity index is 999. The third-order valence-corrected chi connectivity index (χ3v) is 4.33. The fourth-order valence-electron chi connectivity index (χ4n) is 3.08. The summed E-state index contributed by atoms with van der Waals surface area (Å²) < 4.78 is 10.7. The van der Waals surface area contributed by atoms with Gasteiger partial charge in [-0.3, -0.25) is 0 Å². The smallest absolute Gasteiger partial charge is 0.162 e. The lowest BCUT2D eigenvalue weighted by molar-refractivity contribution is 0.356. The summed E-state index contributed by atoms with van der Waals surface area (Å²) in [5, 5.41) is 14.2. The van der Waals surface area contributed by atoms with E-state index in [1.54, 1.807) is 20.3 Å². The molecule has 6 heteroatoms. The molecule has 0 amide bonds. The van der Waals surface area contributed by atoms with E-state index in [1.165, 1.54) is 6.33 Å². The van der Waals surface area contributed by atoms with Gasteiger partial charge in [0.2, 0.25) is 0 Å². The highest BCUT2D eigenvalue weighted by atomic mass is 16.5. The van der Waals surface area contributed by atoms with Crippen molar-refractivity contribution in [3.05, 3.63) is 47.8 Å². The lowest BCUT2D eigenvalue weighted by atomic mass is 10.1. The Morgan fingerprint density at radius 1 is 1.08 bits per heavy atom. The Balaban J connectivity index is 1.82. The van der Waals surface area contributed by atoms with Gasteiger partial charge in [0, 0.05) is 22.7 Å². The SMILES string of the molecule is COc1cc2ncnc(Nc3ccc(O)c4c3CC=C4)c2cc1OC. The molecule has 126 valence electrons. The third-order valence-electron chi connectivity index (χ3n) is 4.33. The summed E-state index contributed by atoms with van der Waals surface area (Å²) in [6.07, 6.45) is 6.24. The number of nitrogens with zero attached hydrogens (tertiary/aromatic N) is 2. The van der Waals surface area contributed by atoms with Crippen molar-refractivity contribution in [1.29, 1.82) is 0 Å². The van der Waals surface area contributed by atoms with Gasteiger partial charge in [0.25, 0.3) is 0 Å². The van der Waals surface area contributed by atoms with E-state index in [0.717, 1.165) is 34.1 Å². The van der Waals surface area contributed by atoms with Crippen LogP contribution in [0, 0.1) is 0 Å². The van der Waals surface area contributed by atoms with Crippen LogP contribution in [0.25, 0.3) is 17.0 Å². The van der Waals surface area contributed by atoms with Crippen molar-refractivity contribution in [2.24, 2.45) is 0 Å². The van der Waals surface area contributed by atoms with Gasteiger partial charge in [-0.25, -0.2) is 9.97 Å². The molecule has 0 aliphatic heterocycles. The zero-order valence-electron chi connectivity index (χ0n) is 13.9. The summed E-state index contributed by atoms with van der Waals surface area (Å²) in [7, 11) is 3.19. The molecule has 0 fully saturated rings. The van der Waals surface area contributed by atoms with Gasteiger partial charge in [-0.1, -0.05) is 12.2 Å². The van der Waals surface area contributed by atoms with E-state index < -0.39 is 0 Å². The van der Waals surface area contributed by atoms with Gasteiger partial charge < -0.3 is 19.9 Å². The number of anilines is 2. The fraction of sp³-hybridized carbons (Fsp3) is 0.158. The number of allylic oxidation sites excluding steroid dienone is 1. The zero-order valence-corrected chi connectivity index (χ0v) is 13.9. The average Bonchev–Trinajstić information content (AvgIpc) is 3.14. The minimum absolute atomic E-state index is 0.285. The van der Waals surface area contributed by atoms with Crippen molar-refractivity contribution in [1.82, 2.24) is 9.97 Å². The molecular formula is C19H17N3O3. The molecule has 6 nitrogen and oxygen atoms in total. The summed E-state index contributed by atoms with van der Waals surface area (Å²) in [4.78, 5) is 8.69. The first-order chi connectivity index (χ1) is 12.2. The molecule has 2 N–H and O–H groups in total. The monoisotopic (exact) mass is 335 g/mol. The van der Waals surface area contributed by atoms with Crippen LogP contribution < -0.4 is 14.8 Å². The largest absolute Gasteiger partial charge is 0.507 e. The lowest BCUT2D eigenvalue weighted by Gasteiger charge is -2.14. The minimum Gasteiger partial charge on any atom is -0.507 e. The summed E-state index contributed by atoms with van der Waals surface area (Å²) in [5.41, 5.74) is 3.56. The van der Waals surface area contributed by atoms with E-state index in [2.05, 4.69) is 15.3 Å². The summed E-state index contributed by atoms with van der Waals surface area (Å²) in [5.74, 6) is 2.19. The van der Waals surface area contributed by atoms with Crippen LogP contribution in [-0.4, -0.2) is 29.3 Å². The Morgan fingerprint density at radius 2 is 1.88 bits per heavy atom. The first-order valence-electron chi connectivity index (χ1n) is 7.86. The van der Waals surface area contributed by atoms with Crippen molar-refractivity contribution in [3.63, 3.8) is 0 Å². The molecule has 1 aromatic heterocycles. The molecule has 0 saturated carbocycles. The summed E-state index contributed by atoms with van der Waals surface area (Å²) in [6.45, 7) is 0. The molecule has 1 aliphatic carbocycles. The number of nitrogens with one attached hydrogen (secondary N) is 1. The van der Waals surface area contributed by atoms with Gasteiger partial charge in [0.1, 0.15) is 17.9 Å². The first kappa shape index (κ1) is 15.3. The maximum Gasteiger partial charge on any atom is 0.162 e. The van der Waals surface area contributed by atoms with E-state index in [0.29, 0.717) is 17.3 Å². The highest BCUT2D eigenvalue weighted by molar-refractivity contribution is 5.93. The molecule has 0 saturated heterocycles. The second-order valence-corrected chi connectivity index (χ2v) is 5.70. The second-order valence-electron chi connectivity index (χ2n) is 5.70. The van der Waals surface area contributed by atoms with E-state index in [-0.39, 0.29) is 5.75 Å². The molecule has 4 rings (SSSR count). The van der Waals surface area contributed by atoms with Gasteiger partial charge in [-0.15, -0.1) is 0 Å². The lowest BCUT2D eigenvalue weighted by Crippen LogP contribution is -2.00. The zero-order chi connectivity index (χ0) is 17.4. The number of phenolic OH excluding ortho intramolecular Hbond substituents is 1. The van der Waals surface area contributed by atoms with Crippen LogP contribution >= 0.6 is 0 Å². The fourth-order valence-corrected chi connectivity index (χ4v) is 3.08. The summed E-state index contributed by atoms with van der Waals surface area (Å²) >= 11 is 0. The second kappa shape index (κ2) is 5.98. The van der Waals surface area contributed by atoms with Crippen molar-refractivity contribution >= 4 is 28.5 Å². The standard InChI is InChI=1S/C19H17N3O3/c1-24-17-8-13-15(9-18(17)25-2)20-10-21-19(13)22-14-6-7-16(23)12-5-3-4-11(12)14/h3,5-10,23H,4H2,1-2H3,(H,20,21,22). The van der Waals surface area contributed by atoms with Crippen LogP contribution in [0.5, 0.6) is 17.2 Å². The molecule has 25 heavy (non-hydrogen) atoms. The number of phenols is 1. The van der Waals surface area contributed by atoms with E-state index >= 15 is 0 Å². The Hall–Kier alpha value is -3.28. The van der Waals surface area contributed by atoms with Gasteiger partial charge in [0.15, 0.2) is 11.5 Å². The number of aromatic nitrogens is 2. The van der Waals surface area contributed by atoms with E-state index in [9.17, 15) is 5.11 Å². The Labute approximate surface area is 144 Å². The highest BCUT2D eigenvalue weighted by Gasteiger charge is 2.16. The Morgan fingerprint density at radius 3 is 2.68 bits per heavy atom. The van der Waals surface area contributed by atoms with Crippen LogP contribution in [0.3, 0.4) is 0 Å². The number of ether oxygens (including phenoxy) is 2. The van der Waals surface area contributed by atoms with Crippen LogP contribution in [-0.2, 0) is 6.42 Å². The van der Waals surface area contributed by atoms with Crippen LogP contribution in [0.4, 0.5) is 11.5 Å². The maximum atomic E-state index is 9.98. The molecule has 0 unspecified atom stereocenters. The van der Waals surface area contributed by atoms with E-state index in [1.807, 2.05) is 30.4 Å². The van der Waals surface area contributed by atoms with Crippen molar-refractivity contribution in [3.8, 4) is 17.2 Å². The third kappa shape index (κ3) is 2.52. The molecular weight excluding hydrogens is 318 g/mol. The van der Waals surface area contributed by atoms with Gasteiger partial charge in [-0.05, 0) is 30.2 Å². The minimum atomic E-state index is 0.285. The quantitative estimate of drug-likeness (QED) is 0.709. The normalized spacial score (nSPS) is 12.2. The number of methoxy groups -OCH3 is 2. The molecule has 0 bridgehead atoms. The van der Waals surface area contributed by atoms with E-state index in [4.69, 9.17) is 9.47 Å². The molecule has 0 atom stereocenters. The van der Waals surface area contributed by atoms with Crippen LogP contribution in [0.2, 0.25) is 0 Å². The number of hydrogen-bond acceptors (Lipinski definition) is 6. The molecule has 0 radical (unpaired) electrons. The highest BCUT2D eigenvalue weighted by Crippen LogP contribution is 2.37. The molecule has 3 aromatic rings. The van der Waals surface area contributed by atoms with Crippen molar-refractivity contribution < 1.29 is 14.6 Å². The van der Waals surface area contributed by atoms with Crippen LogP contribution in [0.1, 0.15) is 11.1 Å². The van der Waals surface area contributed by atoms with Crippen molar-refractivity contribution in [2.75, 3.05) is 19.5 Å². The maximum absolute atomic E-state index is 9.98. The number of benzene rings is 2. The first-order valence-corrected chi connectivity index (χ1v) is 7.86. The molecule has 2 aromatic carbocycles.